The van der Waals surface area contributed by atoms with Gasteiger partial charge in [0.2, 0.25) is 5.91 Å². The number of unbranched alkanes of at least 4 members (excludes halogenated alkanes) is 3. The molecule has 0 aliphatic rings. The zero-order chi connectivity index (χ0) is 22.5. The number of nitrogens with zero attached hydrogens (tertiary/aromatic N) is 1. The third kappa shape index (κ3) is 9.53. The highest BCUT2D eigenvalue weighted by Gasteiger charge is 2.20. The van der Waals surface area contributed by atoms with E-state index in [1.54, 1.807) is 11.8 Å². The smallest absolute Gasteiger partial charge is 0.223 e. The Hall–Kier alpha value is -1.52. The van der Waals surface area contributed by atoms with E-state index in [0.717, 1.165) is 24.9 Å². The number of thioether (sulfide) groups is 1. The minimum atomic E-state index is -0.00187. The largest absolute Gasteiger partial charge is 0.348 e. The van der Waals surface area contributed by atoms with Crippen LogP contribution in [0.15, 0.2) is 41.3 Å². The van der Waals surface area contributed by atoms with E-state index in [4.69, 9.17) is 0 Å². The van der Waals surface area contributed by atoms with Gasteiger partial charge >= 0.3 is 0 Å². The van der Waals surface area contributed by atoms with Gasteiger partial charge in [-0.1, -0.05) is 87.2 Å². The zero-order valence-electron chi connectivity index (χ0n) is 20.1. The lowest BCUT2D eigenvalue weighted by atomic mass is 9.99. The van der Waals surface area contributed by atoms with Crippen LogP contribution >= 0.6 is 11.8 Å². The molecule has 1 aromatic carbocycles. The van der Waals surface area contributed by atoms with Gasteiger partial charge in [0.15, 0.2) is 0 Å². The van der Waals surface area contributed by atoms with Gasteiger partial charge in [-0.05, 0) is 57.8 Å². The molecular weight excluding hydrogens is 388 g/mol. The fraction of sp³-hybridized carbons (Fsp3) is 0.577. The Labute approximate surface area is 189 Å². The number of allylic oxidation sites excluding steroid dienone is 2. The quantitative estimate of drug-likeness (QED) is 0.341. The molecule has 0 aliphatic heterocycles. The van der Waals surface area contributed by atoms with Gasteiger partial charge < -0.3 is 10.2 Å². The maximum atomic E-state index is 12.8. The highest BCUT2D eigenvalue weighted by atomic mass is 32.2. The third-order valence-electron chi connectivity index (χ3n) is 5.15. The van der Waals surface area contributed by atoms with E-state index in [2.05, 4.69) is 87.8 Å². The van der Waals surface area contributed by atoms with Gasteiger partial charge in [0, 0.05) is 17.4 Å². The molecule has 0 bridgehead atoms. The van der Waals surface area contributed by atoms with E-state index in [0.29, 0.717) is 0 Å². The van der Waals surface area contributed by atoms with Crippen LogP contribution < -0.4 is 5.32 Å². The summed E-state index contributed by atoms with van der Waals surface area (Å²) >= 11 is 1.75. The van der Waals surface area contributed by atoms with Crippen LogP contribution in [0.3, 0.4) is 0 Å². The average molecular weight is 431 g/mol. The molecule has 1 N–H and O–H groups in total. The van der Waals surface area contributed by atoms with E-state index in [1.165, 1.54) is 35.3 Å². The van der Waals surface area contributed by atoms with Gasteiger partial charge in [-0.15, -0.1) is 0 Å². The van der Waals surface area contributed by atoms with Crippen LogP contribution in [-0.4, -0.2) is 31.4 Å². The molecular formula is C26H42N2OS. The van der Waals surface area contributed by atoms with E-state index < -0.39 is 0 Å². The first-order valence-corrected chi connectivity index (χ1v) is 12.2. The summed E-state index contributed by atoms with van der Waals surface area (Å²) in [6.07, 6.45) is 7.85. The van der Waals surface area contributed by atoms with Crippen LogP contribution in [0.1, 0.15) is 83.9 Å². The van der Waals surface area contributed by atoms with Gasteiger partial charge in [0.25, 0.3) is 0 Å². The minimum absolute atomic E-state index is 0.00187. The van der Waals surface area contributed by atoms with Crippen LogP contribution in [0.5, 0.6) is 0 Å². The molecule has 0 saturated heterocycles. The molecule has 0 radical (unpaired) electrons. The summed E-state index contributed by atoms with van der Waals surface area (Å²) in [4.78, 5) is 16.2. The number of hydrogen-bond donors (Lipinski definition) is 1. The van der Waals surface area contributed by atoms with E-state index in [9.17, 15) is 4.79 Å². The lowest BCUT2D eigenvalue weighted by Gasteiger charge is -2.25. The summed E-state index contributed by atoms with van der Waals surface area (Å²) in [6, 6.07) is 8.68. The number of amides is 1. The Bertz CT molecular complexity index is 687. The number of nitrogens with one attached hydrogen (secondary N) is 1. The van der Waals surface area contributed by atoms with Crippen molar-refractivity contribution in [3.63, 3.8) is 0 Å². The molecule has 1 aromatic rings. The minimum Gasteiger partial charge on any atom is -0.348 e. The predicted molar refractivity (Wildman–Crippen MR) is 134 cm³/mol. The molecule has 1 amide bonds. The summed E-state index contributed by atoms with van der Waals surface area (Å²) in [5.41, 5.74) is 3.69. The molecule has 0 saturated carbocycles. The summed E-state index contributed by atoms with van der Waals surface area (Å²) in [5, 5.41) is 5.42. The maximum absolute atomic E-state index is 12.8. The van der Waals surface area contributed by atoms with Crippen molar-refractivity contribution in [2.45, 2.75) is 72.8 Å². The SMILES string of the molecule is C/C=C\SC(=C(C)C)c1ccc(C(CN(C)C)NC(=O)C(C)CCCCCC)cc1. The van der Waals surface area contributed by atoms with Crippen molar-refractivity contribution in [3.05, 3.63) is 52.4 Å². The standard InChI is InChI=1S/C26H42N2OS/c1-8-10-11-12-13-21(5)26(29)27-24(19-28(6)7)22-14-16-23(17-15-22)25(20(3)4)30-18-9-2/h9,14-18,21,24H,8,10-13,19H2,1-7H3,(H,27,29)/b18-9-. The Morgan fingerprint density at radius 1 is 1.13 bits per heavy atom. The first-order valence-electron chi connectivity index (χ1n) is 11.3. The molecule has 0 aromatic heterocycles. The van der Waals surface area contributed by atoms with Crippen LogP contribution in [0.4, 0.5) is 0 Å². The van der Waals surface area contributed by atoms with Crippen LogP contribution in [0, 0.1) is 5.92 Å². The molecule has 2 atom stereocenters. The molecule has 0 spiro atoms. The van der Waals surface area contributed by atoms with Crippen molar-refractivity contribution in [2.75, 3.05) is 20.6 Å². The Kier molecular flexibility index (Phi) is 12.8. The molecule has 3 nitrogen and oxygen atoms in total. The summed E-state index contributed by atoms with van der Waals surface area (Å²) in [5.74, 6) is 0.219. The Morgan fingerprint density at radius 2 is 1.80 bits per heavy atom. The third-order valence-corrected chi connectivity index (χ3v) is 6.44. The van der Waals surface area contributed by atoms with Crippen LogP contribution in [0.2, 0.25) is 0 Å². The molecule has 0 aliphatic carbocycles. The number of benzene rings is 1. The molecule has 2 unspecified atom stereocenters. The summed E-state index contributed by atoms with van der Waals surface area (Å²) < 4.78 is 0. The van der Waals surface area contributed by atoms with Gasteiger partial charge in [-0.3, -0.25) is 4.79 Å². The summed E-state index contributed by atoms with van der Waals surface area (Å²) in [7, 11) is 4.10. The Balaban J connectivity index is 2.90. The van der Waals surface area contributed by atoms with Crippen molar-refractivity contribution in [2.24, 2.45) is 5.92 Å². The zero-order valence-corrected chi connectivity index (χ0v) is 20.9. The second-order valence-electron chi connectivity index (χ2n) is 8.61. The van der Waals surface area contributed by atoms with E-state index in [1.807, 2.05) is 6.92 Å². The average Bonchev–Trinajstić information content (AvgIpc) is 2.70. The van der Waals surface area contributed by atoms with Crippen LogP contribution in [0.25, 0.3) is 4.91 Å². The normalized spacial score (nSPS) is 13.5. The first-order chi connectivity index (χ1) is 14.3. The molecule has 168 valence electrons. The predicted octanol–water partition coefficient (Wildman–Crippen LogP) is 7.03. The van der Waals surface area contributed by atoms with Crippen LogP contribution in [-0.2, 0) is 4.79 Å². The Morgan fingerprint density at radius 3 is 2.33 bits per heavy atom. The maximum Gasteiger partial charge on any atom is 0.223 e. The van der Waals surface area contributed by atoms with Crippen molar-refractivity contribution in [1.29, 1.82) is 0 Å². The molecule has 4 heteroatoms. The van der Waals surface area contributed by atoms with Gasteiger partial charge in [-0.25, -0.2) is 0 Å². The molecule has 0 fully saturated rings. The number of carbonyl (C=O) groups is 1. The van der Waals surface area contributed by atoms with E-state index in [-0.39, 0.29) is 17.9 Å². The van der Waals surface area contributed by atoms with Crippen molar-refractivity contribution < 1.29 is 4.79 Å². The lowest BCUT2D eigenvalue weighted by Crippen LogP contribution is -2.38. The highest BCUT2D eigenvalue weighted by Crippen LogP contribution is 2.32. The van der Waals surface area contributed by atoms with Gasteiger partial charge in [0.1, 0.15) is 0 Å². The number of likely N-dealkylation sites (N-methyl/N-ethyl adjacent to an activating group) is 1. The van der Waals surface area contributed by atoms with Gasteiger partial charge in [0.05, 0.1) is 6.04 Å². The number of hydrogen-bond acceptors (Lipinski definition) is 3. The molecule has 1 rings (SSSR count). The number of rotatable bonds is 13. The second kappa shape index (κ2) is 14.5. The summed E-state index contributed by atoms with van der Waals surface area (Å²) in [6.45, 7) is 11.4. The lowest BCUT2D eigenvalue weighted by molar-refractivity contribution is -0.125. The highest BCUT2D eigenvalue weighted by molar-refractivity contribution is 8.10. The fourth-order valence-electron chi connectivity index (χ4n) is 3.40. The monoisotopic (exact) mass is 430 g/mol. The van der Waals surface area contributed by atoms with Crippen molar-refractivity contribution in [3.8, 4) is 0 Å². The van der Waals surface area contributed by atoms with Crippen molar-refractivity contribution >= 4 is 22.6 Å². The van der Waals surface area contributed by atoms with Crippen molar-refractivity contribution in [1.82, 2.24) is 10.2 Å². The van der Waals surface area contributed by atoms with E-state index >= 15 is 0 Å². The first kappa shape index (κ1) is 26.5. The topological polar surface area (TPSA) is 32.3 Å². The van der Waals surface area contributed by atoms with Gasteiger partial charge in [-0.2, -0.15) is 0 Å². The second-order valence-corrected chi connectivity index (χ2v) is 9.53. The fourth-order valence-corrected chi connectivity index (χ4v) is 4.18. The molecule has 0 heterocycles. The number of carbonyl (C=O) groups excluding carboxylic acids is 1. The molecule has 30 heavy (non-hydrogen) atoms.